The molecule has 0 fully saturated rings. The van der Waals surface area contributed by atoms with Gasteiger partial charge in [0, 0.05) is 18.7 Å². The van der Waals surface area contributed by atoms with Crippen molar-refractivity contribution in [1.82, 2.24) is 25.5 Å². The van der Waals surface area contributed by atoms with Crippen LogP contribution in [0, 0.1) is 5.82 Å². The van der Waals surface area contributed by atoms with Gasteiger partial charge in [-0.1, -0.05) is 42.5 Å². The van der Waals surface area contributed by atoms with Gasteiger partial charge in [0.15, 0.2) is 0 Å². The fraction of sp³-hybridized carbons (Fsp3) is 0.263. The summed E-state index contributed by atoms with van der Waals surface area (Å²) in [6, 6.07) is 15.8. The molecule has 0 atom stereocenters. The molecule has 0 spiro atoms. The smallest absolute Gasteiger partial charge is 0.243 e. The molecule has 1 aromatic heterocycles. The van der Waals surface area contributed by atoms with Crippen molar-refractivity contribution in [2.45, 2.75) is 19.6 Å². The Morgan fingerprint density at radius 3 is 2.81 bits per heavy atom. The third-order valence-corrected chi connectivity index (χ3v) is 3.72. The number of rotatable bonds is 9. The summed E-state index contributed by atoms with van der Waals surface area (Å²) in [5.74, 6) is -0.325. The van der Waals surface area contributed by atoms with Crippen molar-refractivity contribution in [3.8, 4) is 11.4 Å². The molecule has 0 saturated carbocycles. The van der Waals surface area contributed by atoms with Gasteiger partial charge in [0.1, 0.15) is 12.4 Å². The highest BCUT2D eigenvalue weighted by molar-refractivity contribution is 5.75. The number of aromatic nitrogens is 4. The van der Waals surface area contributed by atoms with Crippen LogP contribution in [-0.2, 0) is 22.7 Å². The van der Waals surface area contributed by atoms with Crippen molar-refractivity contribution in [1.29, 1.82) is 0 Å². The Kier molecular flexibility index (Phi) is 6.59. The molecule has 140 valence electrons. The van der Waals surface area contributed by atoms with E-state index in [2.05, 4.69) is 20.7 Å². The van der Waals surface area contributed by atoms with Crippen molar-refractivity contribution >= 4 is 5.91 Å². The average Bonchev–Trinajstić information content (AvgIpc) is 3.14. The van der Waals surface area contributed by atoms with Gasteiger partial charge in [0.25, 0.3) is 0 Å². The summed E-state index contributed by atoms with van der Waals surface area (Å²) >= 11 is 0. The predicted molar refractivity (Wildman–Crippen MR) is 96.9 cm³/mol. The number of amides is 1. The number of hydrogen-bond acceptors (Lipinski definition) is 5. The lowest BCUT2D eigenvalue weighted by Crippen LogP contribution is -2.29. The number of benzene rings is 2. The van der Waals surface area contributed by atoms with E-state index in [1.165, 1.54) is 16.9 Å². The first kappa shape index (κ1) is 18.7. The zero-order chi connectivity index (χ0) is 18.9. The van der Waals surface area contributed by atoms with Crippen LogP contribution in [0.3, 0.4) is 0 Å². The van der Waals surface area contributed by atoms with Gasteiger partial charge >= 0.3 is 0 Å². The normalized spacial score (nSPS) is 10.7. The van der Waals surface area contributed by atoms with Gasteiger partial charge in [-0.05, 0) is 29.3 Å². The highest BCUT2D eigenvalue weighted by atomic mass is 19.1. The van der Waals surface area contributed by atoms with Crippen molar-refractivity contribution in [3.63, 3.8) is 0 Å². The van der Waals surface area contributed by atoms with Gasteiger partial charge in [-0.2, -0.15) is 4.80 Å². The second-order valence-corrected chi connectivity index (χ2v) is 5.90. The van der Waals surface area contributed by atoms with Crippen molar-refractivity contribution < 1.29 is 13.9 Å². The SMILES string of the molecule is O=C(Cn1nnc(-c2cccc(F)c2)n1)NCCCOCc1ccccc1. The molecule has 0 aliphatic heterocycles. The fourth-order valence-electron chi connectivity index (χ4n) is 2.40. The van der Waals surface area contributed by atoms with Crippen LogP contribution in [0.2, 0.25) is 0 Å². The summed E-state index contributed by atoms with van der Waals surface area (Å²) < 4.78 is 18.8. The van der Waals surface area contributed by atoms with E-state index >= 15 is 0 Å². The number of halogens is 1. The van der Waals surface area contributed by atoms with Gasteiger partial charge in [0.2, 0.25) is 11.7 Å². The number of nitrogens with one attached hydrogen (secondary N) is 1. The molecular formula is C19H20FN5O2. The Morgan fingerprint density at radius 1 is 1.15 bits per heavy atom. The van der Waals surface area contributed by atoms with E-state index in [1.54, 1.807) is 12.1 Å². The molecule has 0 unspecified atom stereocenters. The molecule has 0 aliphatic carbocycles. The fourth-order valence-corrected chi connectivity index (χ4v) is 2.40. The van der Waals surface area contributed by atoms with Crippen molar-refractivity contribution in [3.05, 3.63) is 66.0 Å². The minimum absolute atomic E-state index is 0.0484. The number of carbonyl (C=O) groups excluding carboxylic acids is 1. The van der Waals surface area contributed by atoms with Gasteiger partial charge < -0.3 is 10.1 Å². The Bertz CT molecular complexity index is 869. The van der Waals surface area contributed by atoms with Crippen LogP contribution >= 0.6 is 0 Å². The van der Waals surface area contributed by atoms with E-state index in [-0.39, 0.29) is 24.1 Å². The maximum Gasteiger partial charge on any atom is 0.243 e. The van der Waals surface area contributed by atoms with Gasteiger partial charge in [-0.25, -0.2) is 4.39 Å². The molecular weight excluding hydrogens is 349 g/mol. The largest absolute Gasteiger partial charge is 0.377 e. The number of carbonyl (C=O) groups is 1. The first-order valence-electron chi connectivity index (χ1n) is 8.63. The molecule has 7 nitrogen and oxygen atoms in total. The average molecular weight is 369 g/mol. The van der Waals surface area contributed by atoms with Gasteiger partial charge in [-0.3, -0.25) is 4.79 Å². The minimum Gasteiger partial charge on any atom is -0.377 e. The summed E-state index contributed by atoms with van der Waals surface area (Å²) in [5, 5.41) is 14.5. The molecule has 2 aromatic carbocycles. The molecule has 8 heteroatoms. The Labute approximate surface area is 156 Å². The predicted octanol–water partition coefficient (Wildman–Crippen LogP) is 2.20. The quantitative estimate of drug-likeness (QED) is 0.585. The van der Waals surface area contributed by atoms with E-state index < -0.39 is 0 Å². The lowest BCUT2D eigenvalue weighted by molar-refractivity contribution is -0.122. The molecule has 0 bridgehead atoms. The van der Waals surface area contributed by atoms with Gasteiger partial charge in [-0.15, -0.1) is 10.2 Å². The first-order valence-corrected chi connectivity index (χ1v) is 8.63. The van der Waals surface area contributed by atoms with Crippen LogP contribution in [0.15, 0.2) is 54.6 Å². The maximum atomic E-state index is 13.2. The minimum atomic E-state index is -0.379. The molecule has 1 N–H and O–H groups in total. The molecule has 0 radical (unpaired) electrons. The second-order valence-electron chi connectivity index (χ2n) is 5.90. The van der Waals surface area contributed by atoms with E-state index in [4.69, 9.17) is 4.74 Å². The molecule has 1 amide bonds. The summed E-state index contributed by atoms with van der Waals surface area (Å²) in [5.41, 5.74) is 1.63. The van der Waals surface area contributed by atoms with E-state index in [0.717, 1.165) is 5.56 Å². The Balaban J connectivity index is 1.35. The summed E-state index contributed by atoms with van der Waals surface area (Å²) in [7, 11) is 0. The van der Waals surface area contributed by atoms with Crippen molar-refractivity contribution in [2.24, 2.45) is 0 Å². The van der Waals surface area contributed by atoms with Crippen molar-refractivity contribution in [2.75, 3.05) is 13.2 Å². The summed E-state index contributed by atoms with van der Waals surface area (Å²) in [6.45, 7) is 1.56. The standard InChI is InChI=1S/C19H20FN5O2/c20-17-9-4-8-16(12-17)19-22-24-25(23-19)13-18(26)21-10-5-11-27-14-15-6-2-1-3-7-15/h1-4,6-9,12H,5,10-11,13-14H2,(H,21,26). The van der Waals surface area contributed by atoms with E-state index in [1.807, 2.05) is 30.3 Å². The zero-order valence-electron chi connectivity index (χ0n) is 14.7. The highest BCUT2D eigenvalue weighted by Gasteiger charge is 2.09. The monoisotopic (exact) mass is 369 g/mol. The number of ether oxygens (including phenoxy) is 1. The van der Waals surface area contributed by atoms with Gasteiger partial charge in [0.05, 0.1) is 6.61 Å². The second kappa shape index (κ2) is 9.54. The van der Waals surface area contributed by atoms with Crippen LogP contribution in [0.4, 0.5) is 4.39 Å². The first-order chi connectivity index (χ1) is 13.2. The topological polar surface area (TPSA) is 81.9 Å². The Morgan fingerprint density at radius 2 is 2.00 bits per heavy atom. The molecule has 0 aliphatic rings. The number of nitrogens with zero attached hydrogens (tertiary/aromatic N) is 4. The molecule has 27 heavy (non-hydrogen) atoms. The highest BCUT2D eigenvalue weighted by Crippen LogP contribution is 2.14. The molecule has 3 rings (SSSR count). The van der Waals surface area contributed by atoms with Crippen LogP contribution in [0.25, 0.3) is 11.4 Å². The summed E-state index contributed by atoms with van der Waals surface area (Å²) in [4.78, 5) is 13.1. The van der Waals surface area contributed by atoms with Crippen LogP contribution in [-0.4, -0.2) is 39.3 Å². The van der Waals surface area contributed by atoms with E-state index in [0.29, 0.717) is 31.7 Å². The molecule has 3 aromatic rings. The van der Waals surface area contributed by atoms with E-state index in [9.17, 15) is 9.18 Å². The molecule has 0 saturated heterocycles. The van der Waals surface area contributed by atoms with Crippen LogP contribution in [0.1, 0.15) is 12.0 Å². The third-order valence-electron chi connectivity index (χ3n) is 3.72. The number of hydrogen-bond donors (Lipinski definition) is 1. The Hall–Kier alpha value is -3.13. The zero-order valence-corrected chi connectivity index (χ0v) is 14.7. The lowest BCUT2D eigenvalue weighted by atomic mass is 10.2. The summed E-state index contributed by atoms with van der Waals surface area (Å²) in [6.07, 6.45) is 0.706. The third kappa shape index (κ3) is 5.96. The molecule has 1 heterocycles. The van der Waals surface area contributed by atoms with Crippen LogP contribution < -0.4 is 5.32 Å². The number of tetrazole rings is 1. The maximum absolute atomic E-state index is 13.2. The lowest BCUT2D eigenvalue weighted by Gasteiger charge is -2.06. The van der Waals surface area contributed by atoms with Crippen LogP contribution in [0.5, 0.6) is 0 Å².